The Bertz CT molecular complexity index is 554. The quantitative estimate of drug-likeness (QED) is 0.870. The summed E-state index contributed by atoms with van der Waals surface area (Å²) in [5.74, 6) is 0.921. The van der Waals surface area contributed by atoms with E-state index >= 15 is 0 Å². The minimum Gasteiger partial charge on any atom is -0.487 e. The fraction of sp³-hybridized carbons (Fsp3) is 0.353. The number of benzene rings is 1. The monoisotopic (exact) mass is 270 g/mol. The Morgan fingerprint density at radius 3 is 2.70 bits per heavy atom. The Morgan fingerprint density at radius 2 is 1.95 bits per heavy atom. The van der Waals surface area contributed by atoms with Crippen LogP contribution in [0, 0.1) is 6.92 Å². The number of para-hydroxylation sites is 1. The third kappa shape index (κ3) is 3.81. The first-order valence-electron chi connectivity index (χ1n) is 7.08. The van der Waals surface area contributed by atoms with Gasteiger partial charge in [0, 0.05) is 17.3 Å². The molecule has 0 aliphatic rings. The van der Waals surface area contributed by atoms with E-state index in [2.05, 4.69) is 30.2 Å². The predicted molar refractivity (Wildman–Crippen MR) is 81.8 cm³/mol. The molecule has 1 aromatic heterocycles. The van der Waals surface area contributed by atoms with E-state index in [0.717, 1.165) is 23.7 Å². The molecule has 0 bridgehead atoms. The molecule has 2 aromatic rings. The van der Waals surface area contributed by atoms with E-state index in [-0.39, 0.29) is 6.04 Å². The van der Waals surface area contributed by atoms with Crippen LogP contribution in [0.4, 0.5) is 0 Å². The first kappa shape index (κ1) is 14.5. The standard InChI is InChI=1S/C17H22N2O/c1-4-18-14(3)16-10-5-6-11-17(16)20-12-15-9-7-8-13(2)19-15/h5-11,14,18H,4,12H2,1-3H3. The second kappa shape index (κ2) is 7.06. The lowest BCUT2D eigenvalue weighted by atomic mass is 10.1. The number of pyridine rings is 1. The SMILES string of the molecule is CCNC(C)c1ccccc1OCc1cccc(C)n1. The van der Waals surface area contributed by atoms with Crippen molar-refractivity contribution in [2.45, 2.75) is 33.4 Å². The summed E-state index contributed by atoms with van der Waals surface area (Å²) >= 11 is 0. The molecule has 1 heterocycles. The van der Waals surface area contributed by atoms with E-state index in [1.165, 1.54) is 5.56 Å². The van der Waals surface area contributed by atoms with Crippen LogP contribution in [0.2, 0.25) is 0 Å². The topological polar surface area (TPSA) is 34.1 Å². The molecule has 3 nitrogen and oxygen atoms in total. The highest BCUT2D eigenvalue weighted by Gasteiger charge is 2.10. The summed E-state index contributed by atoms with van der Waals surface area (Å²) in [7, 11) is 0. The van der Waals surface area contributed by atoms with Crippen LogP contribution in [-0.4, -0.2) is 11.5 Å². The molecule has 1 unspecified atom stereocenters. The molecule has 0 fully saturated rings. The fourth-order valence-corrected chi connectivity index (χ4v) is 2.22. The maximum Gasteiger partial charge on any atom is 0.130 e. The third-order valence-electron chi connectivity index (χ3n) is 3.22. The van der Waals surface area contributed by atoms with Crippen LogP contribution in [0.3, 0.4) is 0 Å². The highest BCUT2D eigenvalue weighted by molar-refractivity contribution is 5.35. The van der Waals surface area contributed by atoms with Gasteiger partial charge in [0.15, 0.2) is 0 Å². The van der Waals surface area contributed by atoms with Crippen LogP contribution in [0.25, 0.3) is 0 Å². The molecule has 0 spiro atoms. The molecule has 2 rings (SSSR count). The van der Waals surface area contributed by atoms with Crippen molar-refractivity contribution in [3.8, 4) is 5.75 Å². The maximum atomic E-state index is 5.94. The lowest BCUT2D eigenvalue weighted by Crippen LogP contribution is -2.18. The van der Waals surface area contributed by atoms with Gasteiger partial charge in [-0.05, 0) is 38.6 Å². The number of ether oxygens (including phenoxy) is 1. The van der Waals surface area contributed by atoms with Crippen molar-refractivity contribution in [3.05, 3.63) is 59.4 Å². The molecule has 3 heteroatoms. The maximum absolute atomic E-state index is 5.94. The molecule has 0 aliphatic carbocycles. The van der Waals surface area contributed by atoms with Crippen molar-refractivity contribution in [1.29, 1.82) is 0 Å². The number of aryl methyl sites for hydroxylation is 1. The second-order valence-corrected chi connectivity index (χ2v) is 4.88. The molecule has 1 aromatic carbocycles. The van der Waals surface area contributed by atoms with Gasteiger partial charge < -0.3 is 10.1 Å². The Morgan fingerprint density at radius 1 is 1.15 bits per heavy atom. The largest absolute Gasteiger partial charge is 0.487 e. The minimum absolute atomic E-state index is 0.279. The molecule has 1 N–H and O–H groups in total. The Hall–Kier alpha value is -1.87. The highest BCUT2D eigenvalue weighted by atomic mass is 16.5. The summed E-state index contributed by atoms with van der Waals surface area (Å²) in [5, 5.41) is 3.41. The Labute approximate surface area is 121 Å². The van der Waals surface area contributed by atoms with Gasteiger partial charge in [-0.3, -0.25) is 4.98 Å². The summed E-state index contributed by atoms with van der Waals surface area (Å²) in [4.78, 5) is 4.46. The van der Waals surface area contributed by atoms with Crippen LogP contribution in [0.5, 0.6) is 5.75 Å². The number of aromatic nitrogens is 1. The smallest absolute Gasteiger partial charge is 0.130 e. The zero-order chi connectivity index (χ0) is 14.4. The first-order valence-corrected chi connectivity index (χ1v) is 7.08. The van der Waals surface area contributed by atoms with Crippen molar-refractivity contribution >= 4 is 0 Å². The van der Waals surface area contributed by atoms with E-state index in [0.29, 0.717) is 6.61 Å². The molecular formula is C17H22N2O. The molecule has 0 amide bonds. The second-order valence-electron chi connectivity index (χ2n) is 4.88. The lowest BCUT2D eigenvalue weighted by Gasteiger charge is -2.17. The average molecular weight is 270 g/mol. The minimum atomic E-state index is 0.279. The molecule has 20 heavy (non-hydrogen) atoms. The molecule has 0 saturated carbocycles. The third-order valence-corrected chi connectivity index (χ3v) is 3.22. The summed E-state index contributed by atoms with van der Waals surface area (Å²) < 4.78 is 5.94. The predicted octanol–water partition coefficient (Wildman–Crippen LogP) is 3.64. The van der Waals surface area contributed by atoms with E-state index in [1.807, 2.05) is 43.3 Å². The van der Waals surface area contributed by atoms with Gasteiger partial charge in [-0.15, -0.1) is 0 Å². The van der Waals surface area contributed by atoms with Crippen LogP contribution in [0.1, 0.15) is 36.8 Å². The normalized spacial score (nSPS) is 12.2. The summed E-state index contributed by atoms with van der Waals surface area (Å²) in [6, 6.07) is 14.4. The number of rotatable bonds is 6. The molecule has 0 saturated heterocycles. The van der Waals surface area contributed by atoms with Crippen LogP contribution in [-0.2, 0) is 6.61 Å². The van der Waals surface area contributed by atoms with Crippen molar-refractivity contribution < 1.29 is 4.74 Å². The molecular weight excluding hydrogens is 248 g/mol. The van der Waals surface area contributed by atoms with E-state index < -0.39 is 0 Å². The average Bonchev–Trinajstić information content (AvgIpc) is 2.46. The van der Waals surface area contributed by atoms with Crippen molar-refractivity contribution in [3.63, 3.8) is 0 Å². The molecule has 0 radical (unpaired) electrons. The van der Waals surface area contributed by atoms with Crippen molar-refractivity contribution in [2.24, 2.45) is 0 Å². The Kier molecular flexibility index (Phi) is 5.13. The summed E-state index contributed by atoms with van der Waals surface area (Å²) in [6.07, 6.45) is 0. The van der Waals surface area contributed by atoms with Gasteiger partial charge in [0.05, 0.1) is 5.69 Å². The van der Waals surface area contributed by atoms with Gasteiger partial charge in [0.1, 0.15) is 12.4 Å². The molecule has 106 valence electrons. The summed E-state index contributed by atoms with van der Waals surface area (Å²) in [5.41, 5.74) is 3.15. The number of nitrogens with one attached hydrogen (secondary N) is 1. The molecule has 0 aliphatic heterocycles. The highest BCUT2D eigenvalue weighted by Crippen LogP contribution is 2.25. The van der Waals surface area contributed by atoms with Gasteiger partial charge in [-0.1, -0.05) is 31.2 Å². The zero-order valence-corrected chi connectivity index (χ0v) is 12.4. The van der Waals surface area contributed by atoms with E-state index in [1.54, 1.807) is 0 Å². The van der Waals surface area contributed by atoms with Gasteiger partial charge in [-0.2, -0.15) is 0 Å². The number of hydrogen-bond acceptors (Lipinski definition) is 3. The van der Waals surface area contributed by atoms with Gasteiger partial charge in [0.25, 0.3) is 0 Å². The molecule has 1 atom stereocenters. The number of nitrogens with zero attached hydrogens (tertiary/aromatic N) is 1. The first-order chi connectivity index (χ1) is 9.70. The Balaban J connectivity index is 2.09. The zero-order valence-electron chi connectivity index (χ0n) is 12.4. The number of hydrogen-bond donors (Lipinski definition) is 1. The van der Waals surface area contributed by atoms with Crippen molar-refractivity contribution in [2.75, 3.05) is 6.54 Å². The summed E-state index contributed by atoms with van der Waals surface area (Å²) in [6.45, 7) is 7.68. The van der Waals surface area contributed by atoms with Crippen molar-refractivity contribution in [1.82, 2.24) is 10.3 Å². The van der Waals surface area contributed by atoms with Crippen LogP contribution >= 0.6 is 0 Å². The van der Waals surface area contributed by atoms with Gasteiger partial charge in [0.2, 0.25) is 0 Å². The lowest BCUT2D eigenvalue weighted by molar-refractivity contribution is 0.295. The van der Waals surface area contributed by atoms with Gasteiger partial charge >= 0.3 is 0 Å². The van der Waals surface area contributed by atoms with Crippen LogP contribution in [0.15, 0.2) is 42.5 Å². The van der Waals surface area contributed by atoms with Crippen LogP contribution < -0.4 is 10.1 Å². The van der Waals surface area contributed by atoms with Gasteiger partial charge in [-0.25, -0.2) is 0 Å². The van der Waals surface area contributed by atoms with E-state index in [4.69, 9.17) is 4.74 Å². The fourth-order valence-electron chi connectivity index (χ4n) is 2.22. The van der Waals surface area contributed by atoms with E-state index in [9.17, 15) is 0 Å².